The first-order valence-electron chi connectivity index (χ1n) is 7.25. The van der Waals surface area contributed by atoms with Gasteiger partial charge in [0.1, 0.15) is 0 Å². The Morgan fingerprint density at radius 2 is 2.16 bits per heavy atom. The zero-order valence-electron chi connectivity index (χ0n) is 11.5. The van der Waals surface area contributed by atoms with Crippen LogP contribution >= 0.6 is 11.6 Å². The molecule has 1 heterocycles. The van der Waals surface area contributed by atoms with Crippen molar-refractivity contribution in [2.45, 2.75) is 31.8 Å². The molecule has 1 saturated heterocycles. The molecule has 0 amide bonds. The van der Waals surface area contributed by atoms with E-state index in [1.165, 1.54) is 18.4 Å². The summed E-state index contributed by atoms with van der Waals surface area (Å²) in [5.74, 6) is 0.776. The molecule has 3 heteroatoms. The highest BCUT2D eigenvalue weighted by Crippen LogP contribution is 2.49. The van der Waals surface area contributed by atoms with E-state index in [1.54, 1.807) is 0 Å². The van der Waals surface area contributed by atoms with Crippen LogP contribution in [0.2, 0.25) is 5.02 Å². The zero-order chi connectivity index (χ0) is 13.3. The summed E-state index contributed by atoms with van der Waals surface area (Å²) in [5.41, 5.74) is 1.48. The monoisotopic (exact) mass is 279 g/mol. The number of nitrogens with one attached hydrogen (secondary N) is 1. The molecule has 2 unspecified atom stereocenters. The molecule has 0 radical (unpaired) electrons. The minimum Gasteiger partial charge on any atom is -0.377 e. The molecule has 104 valence electrons. The van der Waals surface area contributed by atoms with Gasteiger partial charge in [-0.15, -0.1) is 0 Å². The van der Waals surface area contributed by atoms with Crippen molar-refractivity contribution < 1.29 is 4.74 Å². The molecule has 1 aliphatic carbocycles. The standard InChI is InChI=1S/C16H22ClNO/c1-18-11-16(8-9-19-15(16)12-6-7-12)10-13-4-2-3-5-14(13)17/h2-5,12,15,18H,6-11H2,1H3. The van der Waals surface area contributed by atoms with Gasteiger partial charge in [0.15, 0.2) is 0 Å². The first kappa shape index (κ1) is 13.4. The Balaban J connectivity index is 1.85. The van der Waals surface area contributed by atoms with Gasteiger partial charge in [-0.05, 0) is 50.3 Å². The van der Waals surface area contributed by atoms with Gasteiger partial charge in [0, 0.05) is 23.6 Å². The normalized spacial score (nSPS) is 30.7. The number of benzene rings is 1. The van der Waals surface area contributed by atoms with E-state index in [4.69, 9.17) is 16.3 Å². The lowest BCUT2D eigenvalue weighted by Crippen LogP contribution is -2.42. The summed E-state index contributed by atoms with van der Waals surface area (Å²) in [7, 11) is 2.04. The number of hydrogen-bond acceptors (Lipinski definition) is 2. The molecule has 2 fully saturated rings. The van der Waals surface area contributed by atoms with Crippen molar-refractivity contribution in [3.8, 4) is 0 Å². The second-order valence-corrected chi connectivity index (χ2v) is 6.45. The van der Waals surface area contributed by atoms with Crippen molar-refractivity contribution in [2.24, 2.45) is 11.3 Å². The second-order valence-electron chi connectivity index (χ2n) is 6.04. The van der Waals surface area contributed by atoms with Gasteiger partial charge < -0.3 is 10.1 Å². The van der Waals surface area contributed by atoms with Crippen molar-refractivity contribution in [1.29, 1.82) is 0 Å². The van der Waals surface area contributed by atoms with Crippen molar-refractivity contribution >= 4 is 11.6 Å². The third kappa shape index (κ3) is 2.67. The predicted octanol–water partition coefficient (Wildman–Crippen LogP) is 3.29. The summed E-state index contributed by atoms with van der Waals surface area (Å²) in [6.45, 7) is 1.91. The van der Waals surface area contributed by atoms with Crippen LogP contribution in [0.5, 0.6) is 0 Å². The van der Waals surface area contributed by atoms with Gasteiger partial charge in [-0.1, -0.05) is 29.8 Å². The summed E-state index contributed by atoms with van der Waals surface area (Å²) in [4.78, 5) is 0. The van der Waals surface area contributed by atoms with Gasteiger partial charge in [0.2, 0.25) is 0 Å². The van der Waals surface area contributed by atoms with Gasteiger partial charge in [-0.3, -0.25) is 0 Å². The molecule has 0 aromatic heterocycles. The van der Waals surface area contributed by atoms with E-state index in [0.717, 1.165) is 36.9 Å². The van der Waals surface area contributed by atoms with E-state index in [-0.39, 0.29) is 5.41 Å². The van der Waals surface area contributed by atoms with Gasteiger partial charge in [-0.25, -0.2) is 0 Å². The highest BCUT2D eigenvalue weighted by Gasteiger charge is 2.50. The minimum atomic E-state index is 0.223. The van der Waals surface area contributed by atoms with E-state index in [1.807, 2.05) is 19.2 Å². The predicted molar refractivity (Wildman–Crippen MR) is 78.6 cm³/mol. The molecule has 1 aromatic rings. The molecule has 1 saturated carbocycles. The molecular weight excluding hydrogens is 258 g/mol. The molecule has 1 aliphatic heterocycles. The van der Waals surface area contributed by atoms with Gasteiger partial charge >= 0.3 is 0 Å². The van der Waals surface area contributed by atoms with Crippen molar-refractivity contribution in [3.63, 3.8) is 0 Å². The topological polar surface area (TPSA) is 21.3 Å². The summed E-state index contributed by atoms with van der Waals surface area (Å²) >= 11 is 6.35. The molecule has 2 atom stereocenters. The Bertz CT molecular complexity index is 446. The summed E-state index contributed by atoms with van der Waals surface area (Å²) in [5, 5.41) is 4.27. The van der Waals surface area contributed by atoms with Crippen LogP contribution in [0.25, 0.3) is 0 Å². The van der Waals surface area contributed by atoms with Gasteiger partial charge in [0.25, 0.3) is 0 Å². The Kier molecular flexibility index (Phi) is 3.84. The van der Waals surface area contributed by atoms with E-state index in [0.29, 0.717) is 6.10 Å². The van der Waals surface area contributed by atoms with E-state index in [2.05, 4.69) is 17.4 Å². The summed E-state index contributed by atoms with van der Waals surface area (Å²) < 4.78 is 6.07. The van der Waals surface area contributed by atoms with Crippen LogP contribution in [-0.2, 0) is 11.2 Å². The quantitative estimate of drug-likeness (QED) is 0.893. The average Bonchev–Trinajstić information content (AvgIpc) is 3.16. The Hall–Kier alpha value is -0.570. The van der Waals surface area contributed by atoms with Crippen molar-refractivity contribution in [1.82, 2.24) is 5.32 Å². The Labute approximate surface area is 120 Å². The zero-order valence-corrected chi connectivity index (χ0v) is 12.2. The van der Waals surface area contributed by atoms with E-state index < -0.39 is 0 Å². The van der Waals surface area contributed by atoms with Crippen molar-refractivity contribution in [3.05, 3.63) is 34.9 Å². The van der Waals surface area contributed by atoms with Gasteiger partial charge in [0.05, 0.1) is 6.10 Å². The first-order valence-corrected chi connectivity index (χ1v) is 7.62. The van der Waals surface area contributed by atoms with Crippen LogP contribution in [0.1, 0.15) is 24.8 Å². The van der Waals surface area contributed by atoms with E-state index >= 15 is 0 Å². The molecule has 0 bridgehead atoms. The molecule has 19 heavy (non-hydrogen) atoms. The maximum atomic E-state index is 6.35. The first-order chi connectivity index (χ1) is 9.25. The number of rotatable bonds is 5. The minimum absolute atomic E-state index is 0.223. The smallest absolute Gasteiger partial charge is 0.0675 e. The third-order valence-electron chi connectivity index (χ3n) is 4.58. The van der Waals surface area contributed by atoms with Crippen LogP contribution < -0.4 is 5.32 Å². The van der Waals surface area contributed by atoms with Crippen LogP contribution in [0.15, 0.2) is 24.3 Å². The number of halogens is 1. The highest BCUT2D eigenvalue weighted by molar-refractivity contribution is 6.31. The molecule has 2 aliphatic rings. The lowest BCUT2D eigenvalue weighted by atomic mass is 9.74. The molecular formula is C16H22ClNO. The highest BCUT2D eigenvalue weighted by atomic mass is 35.5. The molecule has 0 spiro atoms. The van der Waals surface area contributed by atoms with Gasteiger partial charge in [-0.2, -0.15) is 0 Å². The van der Waals surface area contributed by atoms with Crippen molar-refractivity contribution in [2.75, 3.05) is 20.2 Å². The molecule has 3 rings (SSSR count). The molecule has 2 nitrogen and oxygen atoms in total. The number of ether oxygens (including phenoxy) is 1. The fraction of sp³-hybridized carbons (Fsp3) is 0.625. The molecule has 1 aromatic carbocycles. The lowest BCUT2D eigenvalue weighted by Gasteiger charge is -2.34. The maximum absolute atomic E-state index is 6.35. The summed E-state index contributed by atoms with van der Waals surface area (Å²) in [6.07, 6.45) is 5.24. The van der Waals surface area contributed by atoms with E-state index in [9.17, 15) is 0 Å². The Morgan fingerprint density at radius 1 is 1.37 bits per heavy atom. The van der Waals surface area contributed by atoms with Crippen LogP contribution in [0.3, 0.4) is 0 Å². The number of hydrogen-bond donors (Lipinski definition) is 1. The lowest BCUT2D eigenvalue weighted by molar-refractivity contribution is 0.0315. The maximum Gasteiger partial charge on any atom is 0.0675 e. The van der Waals surface area contributed by atoms with Crippen LogP contribution in [0.4, 0.5) is 0 Å². The Morgan fingerprint density at radius 3 is 2.84 bits per heavy atom. The SMILES string of the molecule is CNCC1(Cc2ccccc2Cl)CCOC1C1CC1. The fourth-order valence-corrected chi connectivity index (χ4v) is 3.76. The average molecular weight is 280 g/mol. The summed E-state index contributed by atoms with van der Waals surface area (Å²) in [6, 6.07) is 8.23. The molecule has 1 N–H and O–H groups in total. The second kappa shape index (κ2) is 5.43. The van der Waals surface area contributed by atoms with Crippen LogP contribution in [-0.4, -0.2) is 26.3 Å². The largest absolute Gasteiger partial charge is 0.377 e. The third-order valence-corrected chi connectivity index (χ3v) is 4.95. The fourth-order valence-electron chi connectivity index (χ4n) is 3.56. The van der Waals surface area contributed by atoms with Crippen LogP contribution in [0, 0.1) is 11.3 Å².